The average Bonchev–Trinajstić information content (AvgIpc) is 1.86. The van der Waals surface area contributed by atoms with Crippen LogP contribution in [0.1, 0.15) is 0 Å². The second kappa shape index (κ2) is 1.30. The Labute approximate surface area is 42.1 Å². The maximum absolute atomic E-state index is 4.66. The number of aromatic nitrogens is 1. The first kappa shape index (κ1) is 3.68. The predicted molar refractivity (Wildman–Crippen MR) is 27.4 cm³/mol. The molecule has 1 heterocycles. The number of nitrogens with zero attached hydrogens (tertiary/aromatic N) is 1. The van der Waals surface area contributed by atoms with Gasteiger partial charge in [0.2, 0.25) is 0 Å². The number of rotatable bonds is 0. The molecule has 0 aliphatic heterocycles. The second-order valence-electron chi connectivity index (χ2n) is 1.04. The van der Waals surface area contributed by atoms with Gasteiger partial charge < -0.3 is 0 Å². The van der Waals surface area contributed by atoms with Crippen LogP contribution in [0.4, 0.5) is 0 Å². The first-order chi connectivity index (χ1) is 2.89. The molecule has 0 unspecified atom stereocenters. The van der Waals surface area contributed by atoms with Gasteiger partial charge in [0, 0.05) is 25.2 Å². The minimum absolute atomic E-state index is 1.58. The van der Waals surface area contributed by atoms with Crippen molar-refractivity contribution in [2.24, 2.45) is 0 Å². The molecule has 0 saturated carbocycles. The summed E-state index contributed by atoms with van der Waals surface area (Å²) in [4.78, 5) is 0. The van der Waals surface area contributed by atoms with E-state index in [4.69, 9.17) is 0 Å². The van der Waals surface area contributed by atoms with Gasteiger partial charge in [-0.25, -0.2) is 0 Å². The van der Waals surface area contributed by atoms with Crippen molar-refractivity contribution in [1.82, 2.24) is 3.97 Å². The maximum atomic E-state index is 4.66. The molecule has 1 aromatic heterocycles. The van der Waals surface area contributed by atoms with E-state index in [1.165, 1.54) is 0 Å². The van der Waals surface area contributed by atoms with Gasteiger partial charge in [0.25, 0.3) is 0 Å². The summed E-state index contributed by atoms with van der Waals surface area (Å²) in [5.41, 5.74) is 0. The molecule has 0 N–H and O–H groups in total. The first-order valence-corrected chi connectivity index (χ1v) is 2.06. The van der Waals surface area contributed by atoms with Gasteiger partial charge in [-0.2, -0.15) is 0 Å². The highest BCUT2D eigenvalue weighted by molar-refractivity contribution is 7.78. The molecule has 0 atom stereocenters. The molecule has 1 radical (unpaired) electrons. The molecule has 0 aliphatic carbocycles. The van der Waals surface area contributed by atoms with Crippen LogP contribution >= 0.6 is 12.8 Å². The van der Waals surface area contributed by atoms with Crippen LogP contribution in [0.3, 0.4) is 0 Å². The molecule has 0 bridgehead atoms. The van der Waals surface area contributed by atoms with Crippen LogP contribution in [0.5, 0.6) is 0 Å². The molecule has 31 valence electrons. The molecule has 0 spiro atoms. The van der Waals surface area contributed by atoms with E-state index >= 15 is 0 Å². The van der Waals surface area contributed by atoms with Crippen molar-refractivity contribution in [2.75, 3.05) is 0 Å². The molecule has 6 heavy (non-hydrogen) atoms. The van der Waals surface area contributed by atoms with Crippen LogP contribution in [-0.2, 0) is 0 Å². The zero-order valence-corrected chi connectivity index (χ0v) is 3.98. The molecule has 0 amide bonds. The van der Waals surface area contributed by atoms with Crippen molar-refractivity contribution >= 4 is 12.8 Å². The van der Waals surface area contributed by atoms with Gasteiger partial charge in [-0.1, -0.05) is 0 Å². The van der Waals surface area contributed by atoms with E-state index in [9.17, 15) is 0 Å². The molecule has 1 aromatic rings. The quantitative estimate of drug-likeness (QED) is 0.463. The Morgan fingerprint density at radius 1 is 1.17 bits per heavy atom. The summed E-state index contributed by atoms with van der Waals surface area (Å²) in [6.45, 7) is 0. The van der Waals surface area contributed by atoms with Gasteiger partial charge in [-0.15, -0.1) is 0 Å². The van der Waals surface area contributed by atoms with Gasteiger partial charge >= 0.3 is 0 Å². The van der Waals surface area contributed by atoms with E-state index in [0.29, 0.717) is 0 Å². The molecular formula is C4H4NS. The van der Waals surface area contributed by atoms with Crippen LogP contribution in [0, 0.1) is 0 Å². The van der Waals surface area contributed by atoms with E-state index in [1.807, 2.05) is 24.5 Å². The predicted octanol–water partition coefficient (Wildman–Crippen LogP) is 1.45. The fourth-order valence-corrected chi connectivity index (χ4v) is 0.459. The summed E-state index contributed by atoms with van der Waals surface area (Å²) in [7, 11) is 0. The van der Waals surface area contributed by atoms with E-state index in [1.54, 1.807) is 3.97 Å². The van der Waals surface area contributed by atoms with Crippen LogP contribution in [-0.4, -0.2) is 3.97 Å². The number of hydrogen-bond acceptors (Lipinski definition) is 0. The van der Waals surface area contributed by atoms with Gasteiger partial charge in [-0.05, 0) is 12.1 Å². The monoisotopic (exact) mass is 98.0 g/mol. The fraction of sp³-hybridized carbons (Fsp3) is 0. The van der Waals surface area contributed by atoms with Gasteiger partial charge in [0.05, 0.1) is 0 Å². The topological polar surface area (TPSA) is 4.93 Å². The van der Waals surface area contributed by atoms with Crippen molar-refractivity contribution in [1.29, 1.82) is 0 Å². The highest BCUT2D eigenvalue weighted by atomic mass is 32.1. The SMILES string of the molecule is [S]n1cccc1. The zero-order chi connectivity index (χ0) is 4.41. The van der Waals surface area contributed by atoms with Gasteiger partial charge in [0.1, 0.15) is 0 Å². The Kier molecular flexibility index (Phi) is 0.801. The summed E-state index contributed by atoms with van der Waals surface area (Å²) in [6, 6.07) is 3.79. The molecule has 2 heteroatoms. The Bertz CT molecular complexity index is 111. The smallest absolute Gasteiger partial charge is 0.0218 e. The van der Waals surface area contributed by atoms with Crippen molar-refractivity contribution < 1.29 is 0 Å². The van der Waals surface area contributed by atoms with E-state index < -0.39 is 0 Å². The van der Waals surface area contributed by atoms with Crippen molar-refractivity contribution in [3.05, 3.63) is 24.5 Å². The second-order valence-corrected chi connectivity index (χ2v) is 1.46. The van der Waals surface area contributed by atoms with Crippen LogP contribution in [0.2, 0.25) is 0 Å². The van der Waals surface area contributed by atoms with Crippen LogP contribution in [0.15, 0.2) is 24.5 Å². The fourth-order valence-electron chi connectivity index (χ4n) is 0.319. The lowest BCUT2D eigenvalue weighted by atomic mass is 10.7. The lowest BCUT2D eigenvalue weighted by Crippen LogP contribution is -1.63. The average molecular weight is 98.1 g/mol. The lowest BCUT2D eigenvalue weighted by Gasteiger charge is -1.73. The van der Waals surface area contributed by atoms with Crippen LogP contribution < -0.4 is 0 Å². The molecule has 0 fully saturated rings. The van der Waals surface area contributed by atoms with Gasteiger partial charge in [-0.3, -0.25) is 3.97 Å². The Morgan fingerprint density at radius 3 is 1.83 bits per heavy atom. The zero-order valence-electron chi connectivity index (χ0n) is 3.16. The van der Waals surface area contributed by atoms with Crippen molar-refractivity contribution in [3.63, 3.8) is 0 Å². The number of hydrogen-bond donors (Lipinski definition) is 0. The minimum atomic E-state index is 1.58. The molecular weight excluding hydrogens is 94.1 g/mol. The third-order valence-electron chi connectivity index (χ3n) is 0.577. The summed E-state index contributed by atoms with van der Waals surface area (Å²) in [6.07, 6.45) is 3.63. The maximum Gasteiger partial charge on any atom is 0.0218 e. The van der Waals surface area contributed by atoms with E-state index in [-0.39, 0.29) is 0 Å². The third-order valence-corrected chi connectivity index (χ3v) is 0.821. The minimum Gasteiger partial charge on any atom is -0.271 e. The third kappa shape index (κ3) is 0.518. The Balaban J connectivity index is 3.05. The van der Waals surface area contributed by atoms with E-state index in [0.717, 1.165) is 0 Å². The molecule has 0 aliphatic rings. The highest BCUT2D eigenvalue weighted by Crippen LogP contribution is 1.87. The summed E-state index contributed by atoms with van der Waals surface area (Å²) < 4.78 is 1.58. The molecule has 0 aromatic carbocycles. The Morgan fingerprint density at radius 2 is 1.67 bits per heavy atom. The van der Waals surface area contributed by atoms with Crippen molar-refractivity contribution in [2.45, 2.75) is 0 Å². The van der Waals surface area contributed by atoms with Gasteiger partial charge in [0.15, 0.2) is 0 Å². The van der Waals surface area contributed by atoms with Crippen LogP contribution in [0.25, 0.3) is 0 Å². The highest BCUT2D eigenvalue weighted by Gasteiger charge is 1.71. The normalized spacial score (nSPS) is 8.67. The molecule has 0 saturated heterocycles. The standard InChI is InChI=1S/C4H4NS/c6-5-3-1-2-4-5/h1-4H. The summed E-state index contributed by atoms with van der Waals surface area (Å²) in [5.74, 6) is 0. The molecule has 1 rings (SSSR count). The van der Waals surface area contributed by atoms with E-state index in [2.05, 4.69) is 12.8 Å². The molecule has 1 nitrogen and oxygen atoms in total. The largest absolute Gasteiger partial charge is 0.271 e. The summed E-state index contributed by atoms with van der Waals surface area (Å²) >= 11 is 4.66. The first-order valence-electron chi connectivity index (χ1n) is 1.70. The summed E-state index contributed by atoms with van der Waals surface area (Å²) in [5, 5.41) is 0. The van der Waals surface area contributed by atoms with Crippen molar-refractivity contribution in [3.8, 4) is 0 Å². The Hall–Kier alpha value is -0.500. The lowest BCUT2D eigenvalue weighted by molar-refractivity contribution is 1.31.